The van der Waals surface area contributed by atoms with Crippen LogP contribution in [0.3, 0.4) is 0 Å². The van der Waals surface area contributed by atoms with Crippen LogP contribution in [0.25, 0.3) is 6.08 Å². The maximum atomic E-state index is 8.32. The van der Waals surface area contributed by atoms with Gasteiger partial charge in [0.2, 0.25) is 0 Å². The van der Waals surface area contributed by atoms with Gasteiger partial charge in [0.25, 0.3) is 0 Å². The van der Waals surface area contributed by atoms with Crippen molar-refractivity contribution < 1.29 is 5.21 Å². The standard InChI is InChI=1S/C10H11ClN2O/c1-7-6-9(11)4-2-8(7)3-5-10(12)13-14/h2-6,14H,1H3,(H2,12,13). The molecule has 3 N–H and O–H groups in total. The Morgan fingerprint density at radius 2 is 2.29 bits per heavy atom. The highest BCUT2D eigenvalue weighted by molar-refractivity contribution is 6.30. The van der Waals surface area contributed by atoms with E-state index in [0.29, 0.717) is 5.02 Å². The summed E-state index contributed by atoms with van der Waals surface area (Å²) in [6, 6.07) is 5.52. The molecule has 4 heteroatoms. The predicted octanol–water partition coefficient (Wildman–Crippen LogP) is 2.41. The Labute approximate surface area is 87.5 Å². The van der Waals surface area contributed by atoms with Gasteiger partial charge in [0.1, 0.15) is 0 Å². The molecule has 0 heterocycles. The highest BCUT2D eigenvalue weighted by Crippen LogP contribution is 2.16. The Hall–Kier alpha value is -1.48. The number of hydrogen-bond donors (Lipinski definition) is 2. The summed E-state index contributed by atoms with van der Waals surface area (Å²) in [6.45, 7) is 1.94. The first kappa shape index (κ1) is 10.6. The third kappa shape index (κ3) is 2.78. The van der Waals surface area contributed by atoms with Crippen molar-refractivity contribution in [3.63, 3.8) is 0 Å². The van der Waals surface area contributed by atoms with Gasteiger partial charge >= 0.3 is 0 Å². The SMILES string of the molecule is Cc1cc(Cl)ccc1C=CC(N)=NO. The fraction of sp³-hybridized carbons (Fsp3) is 0.100. The molecule has 0 saturated heterocycles. The zero-order valence-corrected chi connectivity index (χ0v) is 8.49. The lowest BCUT2D eigenvalue weighted by atomic mass is 10.1. The summed E-state index contributed by atoms with van der Waals surface area (Å²) in [7, 11) is 0. The Bertz CT molecular complexity index is 386. The van der Waals surface area contributed by atoms with Crippen LogP contribution in [-0.4, -0.2) is 11.0 Å². The second-order valence-corrected chi connectivity index (χ2v) is 3.30. The van der Waals surface area contributed by atoms with Gasteiger partial charge in [0.05, 0.1) is 0 Å². The minimum absolute atomic E-state index is 0.0688. The molecule has 0 atom stereocenters. The van der Waals surface area contributed by atoms with E-state index in [1.54, 1.807) is 12.1 Å². The molecule has 0 aromatic heterocycles. The van der Waals surface area contributed by atoms with E-state index in [1.165, 1.54) is 6.08 Å². The second kappa shape index (κ2) is 4.67. The zero-order chi connectivity index (χ0) is 10.6. The Morgan fingerprint density at radius 3 is 2.86 bits per heavy atom. The molecule has 0 spiro atoms. The van der Waals surface area contributed by atoms with Crippen LogP contribution in [0.5, 0.6) is 0 Å². The minimum Gasteiger partial charge on any atom is -0.409 e. The van der Waals surface area contributed by atoms with Gasteiger partial charge in [-0.25, -0.2) is 0 Å². The van der Waals surface area contributed by atoms with E-state index in [-0.39, 0.29) is 5.84 Å². The summed E-state index contributed by atoms with van der Waals surface area (Å²) < 4.78 is 0. The number of aryl methyl sites for hydroxylation is 1. The largest absolute Gasteiger partial charge is 0.409 e. The highest BCUT2D eigenvalue weighted by atomic mass is 35.5. The number of amidine groups is 1. The van der Waals surface area contributed by atoms with Crippen LogP contribution in [0.1, 0.15) is 11.1 Å². The molecule has 0 unspecified atom stereocenters. The molecule has 0 bridgehead atoms. The van der Waals surface area contributed by atoms with Crippen LogP contribution < -0.4 is 5.73 Å². The van der Waals surface area contributed by atoms with E-state index in [0.717, 1.165) is 11.1 Å². The summed E-state index contributed by atoms with van der Waals surface area (Å²) in [6.07, 6.45) is 3.29. The van der Waals surface area contributed by atoms with Crippen LogP contribution in [0.2, 0.25) is 5.02 Å². The lowest BCUT2D eigenvalue weighted by Gasteiger charge is -1.99. The third-order valence-corrected chi connectivity index (χ3v) is 2.02. The van der Waals surface area contributed by atoms with Gasteiger partial charge in [-0.2, -0.15) is 0 Å². The molecule has 0 fully saturated rings. The fourth-order valence-electron chi connectivity index (χ4n) is 1.03. The molecule has 1 aromatic carbocycles. The first-order valence-electron chi connectivity index (χ1n) is 4.05. The number of rotatable bonds is 2. The minimum atomic E-state index is 0.0688. The summed E-state index contributed by atoms with van der Waals surface area (Å²) >= 11 is 5.79. The van der Waals surface area contributed by atoms with E-state index >= 15 is 0 Å². The van der Waals surface area contributed by atoms with Gasteiger partial charge in [-0.3, -0.25) is 0 Å². The number of nitrogens with two attached hydrogens (primary N) is 1. The van der Waals surface area contributed by atoms with E-state index in [9.17, 15) is 0 Å². The quantitative estimate of drug-likeness (QED) is 0.341. The molecule has 14 heavy (non-hydrogen) atoms. The normalized spacial score (nSPS) is 12.3. The Balaban J connectivity index is 2.93. The molecule has 0 saturated carbocycles. The molecule has 0 amide bonds. The molecule has 0 aliphatic carbocycles. The van der Waals surface area contributed by atoms with Gasteiger partial charge in [-0.05, 0) is 36.3 Å². The van der Waals surface area contributed by atoms with Crippen molar-refractivity contribution in [1.82, 2.24) is 0 Å². The maximum absolute atomic E-state index is 8.32. The third-order valence-electron chi connectivity index (χ3n) is 1.78. The van der Waals surface area contributed by atoms with Crippen molar-refractivity contribution >= 4 is 23.5 Å². The smallest absolute Gasteiger partial charge is 0.162 e. The van der Waals surface area contributed by atoms with Crippen molar-refractivity contribution in [2.24, 2.45) is 10.9 Å². The molecule has 3 nitrogen and oxygen atoms in total. The average molecular weight is 211 g/mol. The van der Waals surface area contributed by atoms with Crippen LogP contribution in [0.15, 0.2) is 29.4 Å². The molecule has 0 aliphatic heterocycles. The van der Waals surface area contributed by atoms with Crippen molar-refractivity contribution in [1.29, 1.82) is 0 Å². The zero-order valence-electron chi connectivity index (χ0n) is 7.74. The van der Waals surface area contributed by atoms with E-state index in [4.69, 9.17) is 22.5 Å². The van der Waals surface area contributed by atoms with E-state index in [1.807, 2.05) is 19.1 Å². The fourth-order valence-corrected chi connectivity index (χ4v) is 1.26. The maximum Gasteiger partial charge on any atom is 0.162 e. The number of nitrogens with zero attached hydrogens (tertiary/aromatic N) is 1. The molecule has 0 aliphatic rings. The lowest BCUT2D eigenvalue weighted by molar-refractivity contribution is 0.319. The van der Waals surface area contributed by atoms with Crippen LogP contribution in [0, 0.1) is 6.92 Å². The molecule has 1 aromatic rings. The van der Waals surface area contributed by atoms with Crippen molar-refractivity contribution in [3.8, 4) is 0 Å². The summed E-state index contributed by atoms with van der Waals surface area (Å²) in [5.74, 6) is 0.0688. The van der Waals surface area contributed by atoms with Crippen LogP contribution >= 0.6 is 11.6 Å². The van der Waals surface area contributed by atoms with Gasteiger partial charge in [-0.15, -0.1) is 0 Å². The number of halogens is 1. The van der Waals surface area contributed by atoms with Crippen LogP contribution in [0.4, 0.5) is 0 Å². The molecule has 1 rings (SSSR count). The number of benzene rings is 1. The first-order chi connectivity index (χ1) is 6.63. The Kier molecular flexibility index (Phi) is 3.54. The van der Waals surface area contributed by atoms with E-state index < -0.39 is 0 Å². The molecular weight excluding hydrogens is 200 g/mol. The lowest BCUT2D eigenvalue weighted by Crippen LogP contribution is -2.06. The summed E-state index contributed by atoms with van der Waals surface area (Å²) in [5, 5.41) is 11.8. The van der Waals surface area contributed by atoms with Gasteiger partial charge in [0.15, 0.2) is 5.84 Å². The summed E-state index contributed by atoms with van der Waals surface area (Å²) in [4.78, 5) is 0. The Morgan fingerprint density at radius 1 is 1.57 bits per heavy atom. The highest BCUT2D eigenvalue weighted by Gasteiger charge is 1.95. The monoisotopic (exact) mass is 210 g/mol. The van der Waals surface area contributed by atoms with Crippen molar-refractivity contribution in [2.45, 2.75) is 6.92 Å². The molecule has 0 radical (unpaired) electrons. The molecular formula is C10H11ClN2O. The predicted molar refractivity (Wildman–Crippen MR) is 58.6 cm³/mol. The first-order valence-corrected chi connectivity index (χ1v) is 4.43. The average Bonchev–Trinajstić information content (AvgIpc) is 2.16. The molecule has 74 valence electrons. The van der Waals surface area contributed by atoms with Gasteiger partial charge < -0.3 is 10.9 Å². The topological polar surface area (TPSA) is 58.6 Å². The number of hydrogen-bond acceptors (Lipinski definition) is 2. The van der Waals surface area contributed by atoms with Crippen molar-refractivity contribution in [2.75, 3.05) is 0 Å². The summed E-state index contributed by atoms with van der Waals surface area (Å²) in [5.41, 5.74) is 7.32. The van der Waals surface area contributed by atoms with Gasteiger partial charge in [-0.1, -0.05) is 28.9 Å². The van der Waals surface area contributed by atoms with E-state index in [2.05, 4.69) is 5.16 Å². The van der Waals surface area contributed by atoms with Crippen LogP contribution in [-0.2, 0) is 0 Å². The van der Waals surface area contributed by atoms with Gasteiger partial charge in [0, 0.05) is 5.02 Å². The van der Waals surface area contributed by atoms with Crippen molar-refractivity contribution in [3.05, 3.63) is 40.4 Å². The number of oxime groups is 1. The second-order valence-electron chi connectivity index (χ2n) is 2.86.